The number of nitrogens with two attached hydrogens (primary N) is 1. The van der Waals surface area contributed by atoms with Gasteiger partial charge in [-0.05, 0) is 32.0 Å². The largest absolute Gasteiger partial charge is 0.492 e. The molecule has 7 heteroatoms. The van der Waals surface area contributed by atoms with E-state index in [1.165, 1.54) is 6.07 Å². The monoisotopic (exact) mass is 277 g/mol. The van der Waals surface area contributed by atoms with E-state index in [9.17, 15) is 4.79 Å². The number of ether oxygens (including phenoxy) is 2. The normalized spacial score (nSPS) is 10.3. The highest BCUT2D eigenvalue weighted by molar-refractivity contribution is 5.91. The molecule has 2 N–H and O–H groups in total. The summed E-state index contributed by atoms with van der Waals surface area (Å²) in [4.78, 5) is 11.9. The van der Waals surface area contributed by atoms with Crippen LogP contribution in [0.15, 0.2) is 22.8 Å². The van der Waals surface area contributed by atoms with E-state index in [1.54, 1.807) is 19.1 Å². The van der Waals surface area contributed by atoms with Gasteiger partial charge >= 0.3 is 5.97 Å². The molecular formula is C13H15N3O4. The third kappa shape index (κ3) is 3.05. The van der Waals surface area contributed by atoms with Crippen LogP contribution in [0.1, 0.15) is 28.7 Å². The SMILES string of the molecule is CCOc1ccc(C(=O)OCc2nonc2C)cc1N. The molecule has 0 unspecified atom stereocenters. The van der Waals surface area contributed by atoms with Crippen molar-refractivity contribution in [2.75, 3.05) is 12.3 Å². The van der Waals surface area contributed by atoms with Gasteiger partial charge in [0.25, 0.3) is 0 Å². The zero-order valence-electron chi connectivity index (χ0n) is 11.3. The van der Waals surface area contributed by atoms with E-state index in [2.05, 4.69) is 14.9 Å². The molecule has 1 aromatic carbocycles. The summed E-state index contributed by atoms with van der Waals surface area (Å²) in [7, 11) is 0. The Morgan fingerprint density at radius 2 is 2.20 bits per heavy atom. The summed E-state index contributed by atoms with van der Waals surface area (Å²) in [6.07, 6.45) is 0. The fraction of sp³-hybridized carbons (Fsp3) is 0.308. The standard InChI is InChI=1S/C13H15N3O4/c1-3-18-12-5-4-9(6-10(12)14)13(17)19-7-11-8(2)15-20-16-11/h4-6H,3,7,14H2,1-2H3. The van der Waals surface area contributed by atoms with Crippen molar-refractivity contribution in [3.8, 4) is 5.75 Å². The molecule has 0 bridgehead atoms. The van der Waals surface area contributed by atoms with Gasteiger partial charge < -0.3 is 15.2 Å². The van der Waals surface area contributed by atoms with Crippen LogP contribution in [0.25, 0.3) is 0 Å². The molecule has 0 atom stereocenters. The molecule has 0 saturated heterocycles. The van der Waals surface area contributed by atoms with Crippen LogP contribution in [-0.4, -0.2) is 22.9 Å². The molecule has 0 aliphatic heterocycles. The van der Waals surface area contributed by atoms with Gasteiger partial charge in [0, 0.05) is 0 Å². The van der Waals surface area contributed by atoms with Crippen molar-refractivity contribution >= 4 is 11.7 Å². The summed E-state index contributed by atoms with van der Waals surface area (Å²) in [6, 6.07) is 4.75. The van der Waals surface area contributed by atoms with Gasteiger partial charge in [-0.3, -0.25) is 0 Å². The van der Waals surface area contributed by atoms with Gasteiger partial charge in [0.2, 0.25) is 0 Å². The molecule has 1 heterocycles. The number of carbonyl (C=O) groups excluding carboxylic acids is 1. The molecule has 20 heavy (non-hydrogen) atoms. The minimum absolute atomic E-state index is 0.00127. The smallest absolute Gasteiger partial charge is 0.338 e. The van der Waals surface area contributed by atoms with Gasteiger partial charge in [-0.25, -0.2) is 9.42 Å². The van der Waals surface area contributed by atoms with E-state index in [-0.39, 0.29) is 6.61 Å². The molecule has 2 rings (SSSR count). The van der Waals surface area contributed by atoms with Gasteiger partial charge in [0.15, 0.2) is 0 Å². The first-order valence-corrected chi connectivity index (χ1v) is 6.09. The molecule has 0 aliphatic rings. The highest BCUT2D eigenvalue weighted by Crippen LogP contribution is 2.23. The third-order valence-corrected chi connectivity index (χ3v) is 2.63. The summed E-state index contributed by atoms with van der Waals surface area (Å²) >= 11 is 0. The van der Waals surface area contributed by atoms with Crippen LogP contribution < -0.4 is 10.5 Å². The number of aryl methyl sites for hydroxylation is 1. The Labute approximate surface area is 115 Å². The lowest BCUT2D eigenvalue weighted by Gasteiger charge is -2.08. The van der Waals surface area contributed by atoms with E-state index in [0.717, 1.165) is 0 Å². The zero-order valence-corrected chi connectivity index (χ0v) is 11.3. The number of nitrogen functional groups attached to an aromatic ring is 1. The number of benzene rings is 1. The maximum absolute atomic E-state index is 11.9. The van der Waals surface area contributed by atoms with Crippen LogP contribution >= 0.6 is 0 Å². The van der Waals surface area contributed by atoms with Crippen molar-refractivity contribution in [1.29, 1.82) is 0 Å². The number of hydrogen-bond donors (Lipinski definition) is 1. The molecule has 0 radical (unpaired) electrons. The Balaban J connectivity index is 2.02. The molecule has 106 valence electrons. The second kappa shape index (κ2) is 6.05. The predicted molar refractivity (Wildman–Crippen MR) is 70.2 cm³/mol. The van der Waals surface area contributed by atoms with Crippen LogP contribution in [0.2, 0.25) is 0 Å². The van der Waals surface area contributed by atoms with E-state index >= 15 is 0 Å². The maximum Gasteiger partial charge on any atom is 0.338 e. The Morgan fingerprint density at radius 3 is 2.80 bits per heavy atom. The Hall–Kier alpha value is -2.57. The second-order valence-electron chi connectivity index (χ2n) is 4.06. The van der Waals surface area contributed by atoms with Crippen molar-refractivity contribution in [2.24, 2.45) is 0 Å². The molecule has 2 aromatic rings. The molecule has 0 amide bonds. The number of carbonyl (C=O) groups is 1. The molecular weight excluding hydrogens is 262 g/mol. The van der Waals surface area contributed by atoms with Crippen LogP contribution in [0, 0.1) is 6.92 Å². The number of aromatic nitrogens is 2. The fourth-order valence-electron chi connectivity index (χ4n) is 1.56. The number of nitrogens with zero attached hydrogens (tertiary/aromatic N) is 2. The van der Waals surface area contributed by atoms with Crippen LogP contribution in [0.4, 0.5) is 5.69 Å². The molecule has 0 saturated carbocycles. The van der Waals surface area contributed by atoms with E-state index < -0.39 is 5.97 Å². The molecule has 7 nitrogen and oxygen atoms in total. The first-order chi connectivity index (χ1) is 9.61. The topological polar surface area (TPSA) is 100 Å². The molecule has 1 aromatic heterocycles. The number of esters is 1. The number of anilines is 1. The number of rotatable bonds is 5. The van der Waals surface area contributed by atoms with Crippen molar-refractivity contribution in [3.05, 3.63) is 35.2 Å². The Bertz CT molecular complexity index is 609. The van der Waals surface area contributed by atoms with E-state index in [0.29, 0.717) is 35.0 Å². The number of hydrogen-bond acceptors (Lipinski definition) is 7. The lowest BCUT2D eigenvalue weighted by Crippen LogP contribution is -2.07. The summed E-state index contributed by atoms with van der Waals surface area (Å²) < 4.78 is 14.9. The highest BCUT2D eigenvalue weighted by Gasteiger charge is 2.13. The average Bonchev–Trinajstić information content (AvgIpc) is 2.84. The minimum Gasteiger partial charge on any atom is -0.492 e. The Kier molecular flexibility index (Phi) is 4.19. The van der Waals surface area contributed by atoms with Crippen molar-refractivity contribution in [3.63, 3.8) is 0 Å². The third-order valence-electron chi connectivity index (χ3n) is 2.63. The first kappa shape index (κ1) is 13.9. The van der Waals surface area contributed by atoms with Crippen molar-refractivity contribution in [2.45, 2.75) is 20.5 Å². The fourth-order valence-corrected chi connectivity index (χ4v) is 1.56. The van der Waals surface area contributed by atoms with Gasteiger partial charge in [-0.15, -0.1) is 0 Å². The molecule has 0 spiro atoms. The summed E-state index contributed by atoms with van der Waals surface area (Å²) in [5.41, 5.74) is 7.60. The molecule has 0 fully saturated rings. The van der Waals surface area contributed by atoms with E-state index in [1.807, 2.05) is 6.92 Å². The predicted octanol–water partition coefficient (Wildman–Crippen LogP) is 1.72. The summed E-state index contributed by atoms with van der Waals surface area (Å²) in [6.45, 7) is 4.08. The highest BCUT2D eigenvalue weighted by atomic mass is 16.6. The van der Waals surface area contributed by atoms with Gasteiger partial charge in [-0.2, -0.15) is 0 Å². The van der Waals surface area contributed by atoms with E-state index in [4.69, 9.17) is 15.2 Å². The first-order valence-electron chi connectivity index (χ1n) is 6.09. The molecule has 0 aliphatic carbocycles. The summed E-state index contributed by atoms with van der Waals surface area (Å²) in [5, 5.41) is 7.23. The van der Waals surface area contributed by atoms with Crippen LogP contribution in [0.3, 0.4) is 0 Å². The van der Waals surface area contributed by atoms with Crippen LogP contribution in [-0.2, 0) is 11.3 Å². The lowest BCUT2D eigenvalue weighted by molar-refractivity contribution is 0.0463. The maximum atomic E-state index is 11.9. The van der Waals surface area contributed by atoms with Gasteiger partial charge in [0.1, 0.15) is 23.7 Å². The van der Waals surface area contributed by atoms with Crippen LogP contribution in [0.5, 0.6) is 5.75 Å². The zero-order chi connectivity index (χ0) is 14.5. The lowest BCUT2D eigenvalue weighted by atomic mass is 10.2. The minimum atomic E-state index is -0.498. The van der Waals surface area contributed by atoms with Crippen molar-refractivity contribution in [1.82, 2.24) is 10.3 Å². The Morgan fingerprint density at radius 1 is 1.40 bits per heavy atom. The van der Waals surface area contributed by atoms with Crippen molar-refractivity contribution < 1.29 is 18.9 Å². The van der Waals surface area contributed by atoms with Gasteiger partial charge in [-0.1, -0.05) is 10.3 Å². The van der Waals surface area contributed by atoms with Gasteiger partial charge in [0.05, 0.1) is 17.9 Å². The average molecular weight is 277 g/mol. The second-order valence-corrected chi connectivity index (χ2v) is 4.06. The quantitative estimate of drug-likeness (QED) is 0.655. The summed E-state index contributed by atoms with van der Waals surface area (Å²) in [5.74, 6) is 0.0442.